The van der Waals surface area contributed by atoms with Crippen LogP contribution < -0.4 is 0 Å². The van der Waals surface area contributed by atoms with E-state index in [2.05, 4.69) is 40.7 Å². The summed E-state index contributed by atoms with van der Waals surface area (Å²) in [5.41, 5.74) is 8.92. The predicted octanol–water partition coefficient (Wildman–Crippen LogP) is 3.89. The number of Topliss-reactive ketones (excluding diaryl/α,β-unsaturated/α-hetero) is 1. The number of allylic oxidation sites excluding steroid dienone is 4. The van der Waals surface area contributed by atoms with Crippen molar-refractivity contribution in [1.29, 1.82) is 0 Å². The molecular formula is C20H18O2. The molecule has 0 fully saturated rings. The van der Waals surface area contributed by atoms with Gasteiger partial charge in [0.25, 0.3) is 0 Å². The van der Waals surface area contributed by atoms with E-state index in [-0.39, 0.29) is 5.78 Å². The number of rotatable bonds is 0. The molecule has 1 heterocycles. The lowest BCUT2D eigenvalue weighted by molar-refractivity contribution is -0.113. The Labute approximate surface area is 130 Å². The lowest BCUT2D eigenvalue weighted by Crippen LogP contribution is -2.41. The van der Waals surface area contributed by atoms with Crippen molar-refractivity contribution in [3.8, 4) is 0 Å². The second kappa shape index (κ2) is 3.21. The van der Waals surface area contributed by atoms with E-state index < -0.39 is 11.2 Å². The zero-order chi connectivity index (χ0) is 15.6. The van der Waals surface area contributed by atoms with Crippen LogP contribution >= 0.6 is 0 Å². The molecule has 0 aromatic heterocycles. The van der Waals surface area contributed by atoms with Crippen molar-refractivity contribution in [3.63, 3.8) is 0 Å². The maximum atomic E-state index is 13.0. The Morgan fingerprint density at radius 2 is 1.64 bits per heavy atom. The monoisotopic (exact) mass is 290 g/mol. The van der Waals surface area contributed by atoms with E-state index >= 15 is 0 Å². The summed E-state index contributed by atoms with van der Waals surface area (Å²) in [6.45, 7) is 10.7. The first-order valence-electron chi connectivity index (χ1n) is 7.85. The first-order valence-corrected chi connectivity index (χ1v) is 7.85. The van der Waals surface area contributed by atoms with Gasteiger partial charge in [0.2, 0.25) is 0 Å². The maximum absolute atomic E-state index is 13.0. The van der Waals surface area contributed by atoms with Crippen LogP contribution in [0.25, 0.3) is 0 Å². The van der Waals surface area contributed by atoms with Gasteiger partial charge in [-0.3, -0.25) is 4.79 Å². The smallest absolute Gasteiger partial charge is 0.193 e. The van der Waals surface area contributed by atoms with E-state index in [1.807, 2.05) is 12.2 Å². The highest BCUT2D eigenvalue weighted by Gasteiger charge is 2.68. The average Bonchev–Trinajstić information content (AvgIpc) is 3.10. The SMILES string of the molecule is CC1=CC=C2C(=O)C3=CC4=C(C)C(C)=C(C)C45OC12C(C)=C35. The molecule has 0 aromatic carbocycles. The third kappa shape index (κ3) is 0.886. The van der Waals surface area contributed by atoms with Crippen molar-refractivity contribution < 1.29 is 9.53 Å². The Bertz CT molecular complexity index is 913. The molecule has 0 saturated carbocycles. The summed E-state index contributed by atoms with van der Waals surface area (Å²) in [6, 6.07) is 0. The second-order valence-electron chi connectivity index (χ2n) is 7.07. The van der Waals surface area contributed by atoms with Crippen molar-refractivity contribution in [1.82, 2.24) is 0 Å². The summed E-state index contributed by atoms with van der Waals surface area (Å²) in [7, 11) is 0. The van der Waals surface area contributed by atoms with Crippen molar-refractivity contribution in [2.75, 3.05) is 0 Å². The van der Waals surface area contributed by atoms with Gasteiger partial charge in [-0.05, 0) is 74.1 Å². The largest absolute Gasteiger partial charge is 0.341 e. The average molecular weight is 290 g/mol. The van der Waals surface area contributed by atoms with Gasteiger partial charge in [0.1, 0.15) is 11.2 Å². The fourth-order valence-corrected chi connectivity index (χ4v) is 5.13. The molecule has 0 aromatic rings. The maximum Gasteiger partial charge on any atom is 0.193 e. The number of hydrogen-bond acceptors (Lipinski definition) is 2. The second-order valence-corrected chi connectivity index (χ2v) is 7.07. The first kappa shape index (κ1) is 12.6. The fraction of sp³-hybridized carbons (Fsp3) is 0.350. The van der Waals surface area contributed by atoms with E-state index in [0.717, 1.165) is 22.3 Å². The van der Waals surface area contributed by atoms with E-state index in [9.17, 15) is 4.79 Å². The van der Waals surface area contributed by atoms with Crippen LogP contribution in [0.15, 0.2) is 68.4 Å². The van der Waals surface area contributed by atoms with Crippen molar-refractivity contribution in [2.24, 2.45) is 0 Å². The molecule has 5 rings (SSSR count). The van der Waals surface area contributed by atoms with Crippen molar-refractivity contribution in [2.45, 2.75) is 45.8 Å². The van der Waals surface area contributed by atoms with Gasteiger partial charge >= 0.3 is 0 Å². The Kier molecular flexibility index (Phi) is 1.84. The minimum atomic E-state index is -0.623. The molecule has 2 atom stereocenters. The van der Waals surface area contributed by atoms with E-state index in [0.29, 0.717) is 0 Å². The van der Waals surface area contributed by atoms with Gasteiger partial charge in [0.05, 0.1) is 0 Å². The number of ether oxygens (including phenoxy) is 1. The van der Waals surface area contributed by atoms with Gasteiger partial charge in [-0.15, -0.1) is 0 Å². The Morgan fingerprint density at radius 1 is 0.909 bits per heavy atom. The van der Waals surface area contributed by atoms with Gasteiger partial charge in [0.15, 0.2) is 5.78 Å². The molecule has 0 radical (unpaired) electrons. The topological polar surface area (TPSA) is 26.3 Å². The van der Waals surface area contributed by atoms with Crippen LogP contribution in [0.1, 0.15) is 34.6 Å². The van der Waals surface area contributed by atoms with Crippen LogP contribution in [-0.2, 0) is 9.53 Å². The number of carbonyl (C=O) groups is 1. The third-order valence-electron chi connectivity index (χ3n) is 6.48. The van der Waals surface area contributed by atoms with Crippen molar-refractivity contribution >= 4 is 5.78 Å². The quantitative estimate of drug-likeness (QED) is 0.676. The zero-order valence-electron chi connectivity index (χ0n) is 13.5. The molecular weight excluding hydrogens is 272 g/mol. The summed E-state index contributed by atoms with van der Waals surface area (Å²) in [6.07, 6.45) is 6.07. The molecule has 4 aliphatic carbocycles. The minimum absolute atomic E-state index is 0.144. The summed E-state index contributed by atoms with van der Waals surface area (Å²) < 4.78 is 6.85. The van der Waals surface area contributed by atoms with Crippen LogP contribution in [0.3, 0.4) is 0 Å². The zero-order valence-corrected chi connectivity index (χ0v) is 13.5. The van der Waals surface area contributed by atoms with Crippen LogP contribution in [0.2, 0.25) is 0 Å². The minimum Gasteiger partial charge on any atom is -0.341 e. The van der Waals surface area contributed by atoms with E-state index in [4.69, 9.17) is 4.74 Å². The molecule has 2 unspecified atom stereocenters. The molecule has 22 heavy (non-hydrogen) atoms. The summed E-state index contributed by atoms with van der Waals surface area (Å²) >= 11 is 0. The van der Waals surface area contributed by atoms with Crippen LogP contribution in [0.4, 0.5) is 0 Å². The third-order valence-corrected chi connectivity index (χ3v) is 6.48. The van der Waals surface area contributed by atoms with Gasteiger partial charge in [0, 0.05) is 16.7 Å². The highest BCUT2D eigenvalue weighted by Crippen LogP contribution is 2.67. The van der Waals surface area contributed by atoms with Crippen LogP contribution in [0.5, 0.6) is 0 Å². The Hall–Kier alpha value is -1.93. The standard InChI is InChI=1S/C20H18O2/c1-9-6-7-15-18(21)14-8-16-11(3)10(2)12(4)20(16)17(14)13(5)19(9,15)22-20/h6-8H,1-5H3. The summed E-state index contributed by atoms with van der Waals surface area (Å²) in [5, 5.41) is 0. The molecule has 5 aliphatic rings. The Morgan fingerprint density at radius 3 is 2.36 bits per heavy atom. The molecule has 2 nitrogen and oxygen atoms in total. The van der Waals surface area contributed by atoms with E-state index in [1.165, 1.54) is 27.9 Å². The molecule has 0 saturated heterocycles. The van der Waals surface area contributed by atoms with Gasteiger partial charge < -0.3 is 4.74 Å². The molecule has 2 spiro atoms. The van der Waals surface area contributed by atoms with Gasteiger partial charge in [-0.25, -0.2) is 0 Å². The van der Waals surface area contributed by atoms with E-state index in [1.54, 1.807) is 0 Å². The molecule has 2 bridgehead atoms. The van der Waals surface area contributed by atoms with Gasteiger partial charge in [-0.1, -0.05) is 12.2 Å². The summed E-state index contributed by atoms with van der Waals surface area (Å²) in [5.74, 6) is 0.144. The number of carbonyl (C=O) groups excluding carboxylic acids is 1. The molecule has 2 heteroatoms. The van der Waals surface area contributed by atoms with Gasteiger partial charge in [-0.2, -0.15) is 0 Å². The highest BCUT2D eigenvalue weighted by atomic mass is 16.5. The number of hydrogen-bond donors (Lipinski definition) is 0. The molecule has 0 N–H and O–H groups in total. The summed E-state index contributed by atoms with van der Waals surface area (Å²) in [4.78, 5) is 13.0. The molecule has 0 amide bonds. The lowest BCUT2D eigenvalue weighted by atomic mass is 9.73. The normalized spacial score (nSPS) is 37.9. The van der Waals surface area contributed by atoms with Crippen molar-refractivity contribution in [3.05, 3.63) is 68.4 Å². The first-order chi connectivity index (χ1) is 10.4. The fourth-order valence-electron chi connectivity index (χ4n) is 5.13. The Balaban J connectivity index is 1.96. The number of ketones is 1. The molecule has 1 aliphatic heterocycles. The lowest BCUT2D eigenvalue weighted by Gasteiger charge is -2.36. The predicted molar refractivity (Wildman–Crippen MR) is 85.3 cm³/mol. The van der Waals surface area contributed by atoms with Crippen LogP contribution in [-0.4, -0.2) is 17.0 Å². The van der Waals surface area contributed by atoms with Crippen LogP contribution in [0, 0.1) is 0 Å². The molecule has 110 valence electrons. The highest BCUT2D eigenvalue weighted by molar-refractivity contribution is 6.19.